The van der Waals surface area contributed by atoms with E-state index in [-0.39, 0.29) is 6.10 Å². The van der Waals surface area contributed by atoms with Crippen LogP contribution in [-0.4, -0.2) is 40.0 Å². The van der Waals surface area contributed by atoms with Gasteiger partial charge in [-0.3, -0.25) is 0 Å². The van der Waals surface area contributed by atoms with Crippen LogP contribution < -0.4 is 5.32 Å². The van der Waals surface area contributed by atoms with Gasteiger partial charge in [0, 0.05) is 20.8 Å². The Hall–Kier alpha value is -0.120. The number of hydrogen-bond acceptors (Lipinski definition) is 3. The summed E-state index contributed by atoms with van der Waals surface area (Å²) in [6.07, 6.45) is 5.78. The average Bonchev–Trinajstić information content (AvgIpc) is 2.28. The lowest BCUT2D eigenvalue weighted by molar-refractivity contribution is 0.0281. The van der Waals surface area contributed by atoms with Crippen LogP contribution in [0.5, 0.6) is 0 Å². The lowest BCUT2D eigenvalue weighted by atomic mass is 9.82. The van der Waals surface area contributed by atoms with Crippen LogP contribution >= 0.6 is 0 Å². The molecule has 0 aromatic carbocycles. The predicted octanol–water partition coefficient (Wildman–Crippen LogP) is 2.06. The fourth-order valence-electron chi connectivity index (χ4n) is 2.59. The largest absolute Gasteiger partial charge is 0.382 e. The molecule has 3 unspecified atom stereocenters. The first kappa shape index (κ1) is 13.9. The first-order valence-electron chi connectivity index (χ1n) is 6.48. The van der Waals surface area contributed by atoms with Crippen molar-refractivity contribution in [3.63, 3.8) is 0 Å². The second-order valence-electron chi connectivity index (χ2n) is 5.11. The second-order valence-corrected chi connectivity index (χ2v) is 5.11. The summed E-state index contributed by atoms with van der Waals surface area (Å²) >= 11 is 0. The molecule has 1 saturated carbocycles. The van der Waals surface area contributed by atoms with E-state index in [1.807, 2.05) is 0 Å². The first-order valence-corrected chi connectivity index (χ1v) is 6.48. The molecule has 1 N–H and O–H groups in total. The highest BCUT2D eigenvalue weighted by Gasteiger charge is 2.18. The molecule has 0 bridgehead atoms. The van der Waals surface area contributed by atoms with Gasteiger partial charge in [-0.2, -0.15) is 0 Å². The molecule has 1 fully saturated rings. The minimum Gasteiger partial charge on any atom is -0.382 e. The maximum atomic E-state index is 5.31. The first-order chi connectivity index (χ1) is 7.76. The van der Waals surface area contributed by atoms with Crippen molar-refractivity contribution in [3.05, 3.63) is 0 Å². The van der Waals surface area contributed by atoms with E-state index in [1.165, 1.54) is 25.7 Å². The molecule has 0 heterocycles. The summed E-state index contributed by atoms with van der Waals surface area (Å²) in [6, 6.07) is 0. The van der Waals surface area contributed by atoms with Gasteiger partial charge >= 0.3 is 0 Å². The zero-order valence-corrected chi connectivity index (χ0v) is 11.0. The Kier molecular flexibility index (Phi) is 7.01. The van der Waals surface area contributed by atoms with Gasteiger partial charge in [-0.05, 0) is 31.2 Å². The third kappa shape index (κ3) is 5.28. The van der Waals surface area contributed by atoms with Crippen LogP contribution in [0.25, 0.3) is 0 Å². The highest BCUT2D eigenvalue weighted by molar-refractivity contribution is 4.73. The molecular formula is C13H27NO2. The topological polar surface area (TPSA) is 30.5 Å². The van der Waals surface area contributed by atoms with Crippen molar-refractivity contribution in [2.45, 2.75) is 38.7 Å². The zero-order chi connectivity index (χ0) is 11.8. The van der Waals surface area contributed by atoms with Crippen LogP contribution in [0.15, 0.2) is 0 Å². The standard InChI is InChI=1S/C13H27NO2/c1-11-5-4-6-12(7-11)8-14-9-13(16-3)10-15-2/h11-14H,4-10H2,1-3H3. The van der Waals surface area contributed by atoms with E-state index in [4.69, 9.17) is 9.47 Å². The van der Waals surface area contributed by atoms with E-state index >= 15 is 0 Å². The van der Waals surface area contributed by atoms with Crippen molar-refractivity contribution in [1.29, 1.82) is 0 Å². The monoisotopic (exact) mass is 229 g/mol. The van der Waals surface area contributed by atoms with Crippen LogP contribution in [0, 0.1) is 11.8 Å². The number of ether oxygens (including phenoxy) is 2. The molecule has 0 aromatic rings. The van der Waals surface area contributed by atoms with Gasteiger partial charge in [0.2, 0.25) is 0 Å². The number of nitrogens with one attached hydrogen (secondary N) is 1. The molecule has 1 aliphatic rings. The fourth-order valence-corrected chi connectivity index (χ4v) is 2.59. The molecule has 3 heteroatoms. The van der Waals surface area contributed by atoms with E-state index in [0.717, 1.165) is 24.9 Å². The van der Waals surface area contributed by atoms with E-state index < -0.39 is 0 Å². The average molecular weight is 229 g/mol. The van der Waals surface area contributed by atoms with Crippen molar-refractivity contribution in [2.24, 2.45) is 11.8 Å². The predicted molar refractivity (Wildman–Crippen MR) is 66.7 cm³/mol. The zero-order valence-electron chi connectivity index (χ0n) is 11.0. The van der Waals surface area contributed by atoms with Gasteiger partial charge < -0.3 is 14.8 Å². The normalized spacial score (nSPS) is 27.9. The smallest absolute Gasteiger partial charge is 0.0928 e. The van der Waals surface area contributed by atoms with Gasteiger partial charge in [0.15, 0.2) is 0 Å². The third-order valence-corrected chi connectivity index (χ3v) is 3.54. The molecule has 16 heavy (non-hydrogen) atoms. The number of rotatable bonds is 7. The lowest BCUT2D eigenvalue weighted by Crippen LogP contribution is -2.35. The minimum absolute atomic E-state index is 0.186. The van der Waals surface area contributed by atoms with Crippen molar-refractivity contribution in [1.82, 2.24) is 5.32 Å². The van der Waals surface area contributed by atoms with Gasteiger partial charge in [0.05, 0.1) is 12.7 Å². The van der Waals surface area contributed by atoms with Crippen molar-refractivity contribution < 1.29 is 9.47 Å². The van der Waals surface area contributed by atoms with E-state index in [1.54, 1.807) is 14.2 Å². The van der Waals surface area contributed by atoms with Gasteiger partial charge in [-0.25, -0.2) is 0 Å². The lowest BCUT2D eigenvalue weighted by Gasteiger charge is -2.27. The van der Waals surface area contributed by atoms with E-state index in [9.17, 15) is 0 Å². The molecule has 0 amide bonds. The molecule has 3 atom stereocenters. The highest BCUT2D eigenvalue weighted by atomic mass is 16.5. The van der Waals surface area contributed by atoms with Crippen molar-refractivity contribution in [2.75, 3.05) is 33.9 Å². The van der Waals surface area contributed by atoms with Crippen LogP contribution in [0.4, 0.5) is 0 Å². The third-order valence-electron chi connectivity index (χ3n) is 3.54. The van der Waals surface area contributed by atoms with Crippen LogP contribution in [-0.2, 0) is 9.47 Å². The molecule has 0 radical (unpaired) electrons. The summed E-state index contributed by atoms with van der Waals surface area (Å²) < 4.78 is 10.4. The summed E-state index contributed by atoms with van der Waals surface area (Å²) in [5.74, 6) is 1.78. The number of methoxy groups -OCH3 is 2. The molecular weight excluding hydrogens is 202 g/mol. The van der Waals surface area contributed by atoms with E-state index in [2.05, 4.69) is 12.2 Å². The Labute approximate surface area is 99.9 Å². The Morgan fingerprint density at radius 2 is 2.12 bits per heavy atom. The van der Waals surface area contributed by atoms with Gasteiger partial charge in [-0.15, -0.1) is 0 Å². The summed E-state index contributed by atoms with van der Waals surface area (Å²) in [5.41, 5.74) is 0. The highest BCUT2D eigenvalue weighted by Crippen LogP contribution is 2.27. The molecule has 1 aliphatic carbocycles. The Morgan fingerprint density at radius 3 is 2.75 bits per heavy atom. The SMILES string of the molecule is COCC(CNCC1CCCC(C)C1)OC. The molecule has 1 rings (SSSR count). The molecule has 0 aromatic heterocycles. The Balaban J connectivity index is 2.09. The summed E-state index contributed by atoms with van der Waals surface area (Å²) in [6.45, 7) is 5.07. The molecule has 0 spiro atoms. The molecule has 0 aliphatic heterocycles. The molecule has 96 valence electrons. The van der Waals surface area contributed by atoms with E-state index in [0.29, 0.717) is 6.61 Å². The quantitative estimate of drug-likeness (QED) is 0.725. The summed E-state index contributed by atoms with van der Waals surface area (Å²) in [7, 11) is 3.46. The van der Waals surface area contributed by atoms with Crippen LogP contribution in [0.3, 0.4) is 0 Å². The van der Waals surface area contributed by atoms with Crippen molar-refractivity contribution in [3.8, 4) is 0 Å². The van der Waals surface area contributed by atoms with Crippen molar-refractivity contribution >= 4 is 0 Å². The molecule has 0 saturated heterocycles. The van der Waals surface area contributed by atoms with Gasteiger partial charge in [0.1, 0.15) is 0 Å². The fraction of sp³-hybridized carbons (Fsp3) is 1.00. The molecule has 3 nitrogen and oxygen atoms in total. The van der Waals surface area contributed by atoms with Crippen LogP contribution in [0.2, 0.25) is 0 Å². The summed E-state index contributed by atoms with van der Waals surface area (Å²) in [5, 5.41) is 3.51. The van der Waals surface area contributed by atoms with Gasteiger partial charge in [0.25, 0.3) is 0 Å². The maximum absolute atomic E-state index is 5.31. The maximum Gasteiger partial charge on any atom is 0.0928 e. The summed E-state index contributed by atoms with van der Waals surface area (Å²) in [4.78, 5) is 0. The van der Waals surface area contributed by atoms with Gasteiger partial charge in [-0.1, -0.05) is 19.8 Å². The Morgan fingerprint density at radius 1 is 1.31 bits per heavy atom. The number of hydrogen-bond donors (Lipinski definition) is 1. The minimum atomic E-state index is 0.186. The Bertz CT molecular complexity index is 175. The van der Waals surface area contributed by atoms with Crippen LogP contribution in [0.1, 0.15) is 32.6 Å². The second kappa shape index (κ2) is 8.04.